The number of carbonyl (C=O) groups is 1. The van der Waals surface area contributed by atoms with Gasteiger partial charge in [-0.2, -0.15) is 0 Å². The van der Waals surface area contributed by atoms with Gasteiger partial charge in [-0.05, 0) is 37.1 Å². The minimum absolute atomic E-state index is 0.141. The van der Waals surface area contributed by atoms with Gasteiger partial charge in [-0.1, -0.05) is 31.4 Å². The molecule has 4 nitrogen and oxygen atoms in total. The first-order chi connectivity index (χ1) is 9.63. The molecule has 0 saturated heterocycles. The molecule has 0 saturated carbocycles. The molecule has 0 radical (unpaired) electrons. The van der Waals surface area contributed by atoms with Crippen molar-refractivity contribution in [1.29, 1.82) is 0 Å². The highest BCUT2D eigenvalue weighted by Gasteiger charge is 2.01. The van der Waals surface area contributed by atoms with E-state index in [0.29, 0.717) is 18.2 Å². The molecular formula is C15H23ClN2O2. The van der Waals surface area contributed by atoms with Gasteiger partial charge in [-0.3, -0.25) is 0 Å². The van der Waals surface area contributed by atoms with Crippen LogP contribution in [0.2, 0.25) is 5.02 Å². The van der Waals surface area contributed by atoms with Crippen molar-refractivity contribution in [2.45, 2.75) is 33.1 Å². The third kappa shape index (κ3) is 6.66. The molecule has 20 heavy (non-hydrogen) atoms. The average Bonchev–Trinajstić information content (AvgIpc) is 2.41. The van der Waals surface area contributed by atoms with Crippen LogP contribution in [0.5, 0.6) is 5.75 Å². The van der Waals surface area contributed by atoms with Crippen LogP contribution >= 0.6 is 11.6 Å². The molecule has 0 atom stereocenters. The van der Waals surface area contributed by atoms with Crippen LogP contribution < -0.4 is 15.4 Å². The molecule has 2 N–H and O–H groups in total. The lowest BCUT2D eigenvalue weighted by Gasteiger charge is -2.10. The van der Waals surface area contributed by atoms with E-state index in [0.717, 1.165) is 37.1 Å². The van der Waals surface area contributed by atoms with E-state index in [1.54, 1.807) is 6.07 Å². The van der Waals surface area contributed by atoms with E-state index in [1.165, 1.54) is 0 Å². The van der Waals surface area contributed by atoms with E-state index in [-0.39, 0.29) is 6.03 Å². The first-order valence-electron chi connectivity index (χ1n) is 7.04. The average molecular weight is 299 g/mol. The van der Waals surface area contributed by atoms with Gasteiger partial charge in [0, 0.05) is 11.6 Å². The Morgan fingerprint density at radius 2 is 2.00 bits per heavy atom. The Morgan fingerprint density at radius 3 is 2.70 bits per heavy atom. The van der Waals surface area contributed by atoms with Crippen LogP contribution in [0.1, 0.15) is 31.7 Å². The maximum absolute atomic E-state index is 11.4. The number of amides is 2. The second kappa shape index (κ2) is 9.48. The van der Waals surface area contributed by atoms with Gasteiger partial charge >= 0.3 is 6.03 Å². The molecule has 0 fully saturated rings. The highest BCUT2D eigenvalue weighted by molar-refractivity contribution is 6.30. The van der Waals surface area contributed by atoms with Crippen molar-refractivity contribution < 1.29 is 9.53 Å². The van der Waals surface area contributed by atoms with Crippen LogP contribution in [-0.2, 0) is 0 Å². The van der Waals surface area contributed by atoms with Crippen LogP contribution in [0.3, 0.4) is 0 Å². The summed E-state index contributed by atoms with van der Waals surface area (Å²) in [5, 5.41) is 6.27. The van der Waals surface area contributed by atoms with Crippen molar-refractivity contribution in [3.63, 3.8) is 0 Å². The number of nitrogens with one attached hydrogen (secondary N) is 2. The molecule has 1 rings (SSSR count). The maximum Gasteiger partial charge on any atom is 0.314 e. The summed E-state index contributed by atoms with van der Waals surface area (Å²) >= 11 is 5.87. The number of halogens is 1. The van der Waals surface area contributed by atoms with Gasteiger partial charge in [-0.25, -0.2) is 4.79 Å². The number of ether oxygens (including phenoxy) is 1. The summed E-state index contributed by atoms with van der Waals surface area (Å²) < 4.78 is 5.58. The molecule has 0 aliphatic carbocycles. The molecule has 2 amide bonds. The molecule has 0 bridgehead atoms. The third-order valence-corrected chi connectivity index (χ3v) is 3.08. The van der Waals surface area contributed by atoms with Crippen LogP contribution in [0.15, 0.2) is 18.2 Å². The summed E-state index contributed by atoms with van der Waals surface area (Å²) in [6.45, 7) is 5.70. The van der Waals surface area contributed by atoms with E-state index in [4.69, 9.17) is 16.3 Å². The van der Waals surface area contributed by atoms with Gasteiger partial charge in [-0.15, -0.1) is 0 Å². The predicted octanol–water partition coefficient (Wildman–Crippen LogP) is 3.52. The SMILES string of the molecule is CCCCCNC(=O)NCCOc1ccc(Cl)cc1C. The first kappa shape index (κ1) is 16.6. The summed E-state index contributed by atoms with van der Waals surface area (Å²) in [7, 11) is 0. The van der Waals surface area contributed by atoms with Crippen molar-refractivity contribution in [1.82, 2.24) is 10.6 Å². The Hall–Kier alpha value is -1.42. The quantitative estimate of drug-likeness (QED) is 0.722. The number of aryl methyl sites for hydroxylation is 1. The number of urea groups is 1. The van der Waals surface area contributed by atoms with E-state index in [2.05, 4.69) is 17.6 Å². The minimum atomic E-state index is -0.141. The highest BCUT2D eigenvalue weighted by Crippen LogP contribution is 2.21. The molecule has 5 heteroatoms. The van der Waals surface area contributed by atoms with Crippen LogP contribution in [-0.4, -0.2) is 25.7 Å². The minimum Gasteiger partial charge on any atom is -0.491 e. The zero-order valence-electron chi connectivity index (χ0n) is 12.2. The van der Waals surface area contributed by atoms with Crippen molar-refractivity contribution in [3.8, 4) is 5.75 Å². The van der Waals surface area contributed by atoms with Crippen LogP contribution in [0, 0.1) is 6.92 Å². The molecule has 0 heterocycles. The largest absolute Gasteiger partial charge is 0.491 e. The van der Waals surface area contributed by atoms with Crippen molar-refractivity contribution in [2.24, 2.45) is 0 Å². The molecule has 0 unspecified atom stereocenters. The molecule has 0 aliphatic rings. The van der Waals surface area contributed by atoms with Crippen LogP contribution in [0.4, 0.5) is 4.79 Å². The second-order valence-corrected chi connectivity index (χ2v) is 5.08. The van der Waals surface area contributed by atoms with E-state index in [9.17, 15) is 4.79 Å². The number of carbonyl (C=O) groups excluding carboxylic acids is 1. The monoisotopic (exact) mass is 298 g/mol. The molecule has 1 aromatic carbocycles. The third-order valence-electron chi connectivity index (χ3n) is 2.85. The van der Waals surface area contributed by atoms with Gasteiger partial charge in [0.05, 0.1) is 6.54 Å². The summed E-state index contributed by atoms with van der Waals surface area (Å²) in [4.78, 5) is 11.4. The number of hydrogen-bond donors (Lipinski definition) is 2. The predicted molar refractivity (Wildman–Crippen MR) is 82.6 cm³/mol. The fraction of sp³-hybridized carbons (Fsp3) is 0.533. The lowest BCUT2D eigenvalue weighted by Crippen LogP contribution is -2.38. The van der Waals surface area contributed by atoms with Crippen molar-refractivity contribution in [2.75, 3.05) is 19.7 Å². The lowest BCUT2D eigenvalue weighted by atomic mass is 10.2. The summed E-state index contributed by atoms with van der Waals surface area (Å²) in [5.41, 5.74) is 0.988. The molecular weight excluding hydrogens is 276 g/mol. The Labute approximate surface area is 125 Å². The van der Waals surface area contributed by atoms with E-state index in [1.807, 2.05) is 19.1 Å². The Bertz CT molecular complexity index is 424. The van der Waals surface area contributed by atoms with Gasteiger partial charge in [0.15, 0.2) is 0 Å². The lowest BCUT2D eigenvalue weighted by molar-refractivity contribution is 0.236. The van der Waals surface area contributed by atoms with E-state index >= 15 is 0 Å². The molecule has 0 aliphatic heterocycles. The summed E-state index contributed by atoms with van der Waals surface area (Å²) in [5.74, 6) is 0.791. The Morgan fingerprint density at radius 1 is 1.25 bits per heavy atom. The fourth-order valence-electron chi connectivity index (χ4n) is 1.74. The Kier molecular flexibility index (Phi) is 7.88. The van der Waals surface area contributed by atoms with Crippen LogP contribution in [0.25, 0.3) is 0 Å². The fourth-order valence-corrected chi connectivity index (χ4v) is 1.97. The van der Waals surface area contributed by atoms with Crippen molar-refractivity contribution in [3.05, 3.63) is 28.8 Å². The number of benzene rings is 1. The van der Waals surface area contributed by atoms with E-state index < -0.39 is 0 Å². The number of hydrogen-bond acceptors (Lipinski definition) is 2. The second-order valence-electron chi connectivity index (χ2n) is 4.65. The topological polar surface area (TPSA) is 50.4 Å². The summed E-state index contributed by atoms with van der Waals surface area (Å²) in [6, 6.07) is 5.34. The zero-order valence-corrected chi connectivity index (χ0v) is 12.9. The smallest absolute Gasteiger partial charge is 0.314 e. The molecule has 0 aromatic heterocycles. The number of rotatable bonds is 8. The molecule has 1 aromatic rings. The van der Waals surface area contributed by atoms with Gasteiger partial charge in [0.1, 0.15) is 12.4 Å². The summed E-state index contributed by atoms with van der Waals surface area (Å²) in [6.07, 6.45) is 3.31. The van der Waals surface area contributed by atoms with Gasteiger partial charge < -0.3 is 15.4 Å². The van der Waals surface area contributed by atoms with Gasteiger partial charge in [0.2, 0.25) is 0 Å². The van der Waals surface area contributed by atoms with Crippen molar-refractivity contribution >= 4 is 17.6 Å². The first-order valence-corrected chi connectivity index (χ1v) is 7.42. The standard InChI is InChI=1S/C15H23ClN2O2/c1-3-4-5-8-17-15(19)18-9-10-20-14-7-6-13(16)11-12(14)2/h6-7,11H,3-5,8-10H2,1-2H3,(H2,17,18,19). The number of unbranched alkanes of at least 4 members (excludes halogenated alkanes) is 2. The highest BCUT2D eigenvalue weighted by atomic mass is 35.5. The maximum atomic E-state index is 11.4. The normalized spacial score (nSPS) is 10.2. The molecule has 112 valence electrons. The van der Waals surface area contributed by atoms with Gasteiger partial charge in [0.25, 0.3) is 0 Å². The molecule has 0 spiro atoms. The Balaban J connectivity index is 2.13. The zero-order chi connectivity index (χ0) is 14.8.